The number of halogens is 1. The van der Waals surface area contributed by atoms with Crippen molar-refractivity contribution in [2.75, 3.05) is 35.0 Å². The van der Waals surface area contributed by atoms with Crippen molar-refractivity contribution >= 4 is 46.4 Å². The van der Waals surface area contributed by atoms with Crippen LogP contribution < -0.4 is 20.1 Å². The van der Waals surface area contributed by atoms with Gasteiger partial charge in [-0.25, -0.2) is 0 Å². The van der Waals surface area contributed by atoms with Crippen molar-refractivity contribution in [1.82, 2.24) is 5.43 Å². The molecule has 0 radical (unpaired) electrons. The summed E-state index contributed by atoms with van der Waals surface area (Å²) in [6.45, 7) is 5.59. The van der Waals surface area contributed by atoms with Crippen LogP contribution in [0.2, 0.25) is 5.02 Å². The van der Waals surface area contributed by atoms with E-state index in [1.807, 2.05) is 47.2 Å². The topological polar surface area (TPSA) is 63.5 Å². The van der Waals surface area contributed by atoms with E-state index in [1.165, 1.54) is 0 Å². The number of aliphatic imine (C=N–C) groups is 1. The van der Waals surface area contributed by atoms with Gasteiger partial charge in [0.25, 0.3) is 5.96 Å². The Kier molecular flexibility index (Phi) is 5.26. The number of carbonyl (C=O) groups is 1. The van der Waals surface area contributed by atoms with E-state index in [1.54, 1.807) is 0 Å². The number of benzene rings is 3. The molecule has 1 N–H and O–H groups in total. The highest BCUT2D eigenvalue weighted by Crippen LogP contribution is 2.36. The Hall–Kier alpha value is -3.84. The molecule has 6 rings (SSSR count). The summed E-state index contributed by atoms with van der Waals surface area (Å²) in [5.74, 6) is 1.62. The lowest BCUT2D eigenvalue weighted by molar-refractivity contribution is -0.117. The number of amidine groups is 1. The maximum absolute atomic E-state index is 12.5. The van der Waals surface area contributed by atoms with Crippen LogP contribution in [0.1, 0.15) is 25.8 Å². The smallest absolute Gasteiger partial charge is 0.250 e. The minimum atomic E-state index is 0.0115. The van der Waals surface area contributed by atoms with Gasteiger partial charge in [0.1, 0.15) is 12.5 Å². The average molecular weight is 499 g/mol. The summed E-state index contributed by atoms with van der Waals surface area (Å²) in [6.07, 6.45) is 0.586. The van der Waals surface area contributed by atoms with Crippen molar-refractivity contribution < 1.29 is 4.79 Å². The number of nitrogens with one attached hydrogen (secondary N) is 1. The first kappa shape index (κ1) is 22.6. The maximum atomic E-state index is 12.5. The zero-order chi connectivity index (χ0) is 25.0. The van der Waals surface area contributed by atoms with E-state index < -0.39 is 0 Å². The molecule has 36 heavy (non-hydrogen) atoms. The third-order valence-electron chi connectivity index (χ3n) is 6.93. The van der Waals surface area contributed by atoms with Gasteiger partial charge in [-0.1, -0.05) is 49.7 Å². The Morgan fingerprint density at radius 3 is 2.56 bits per heavy atom. The molecule has 1 fully saturated rings. The number of amides is 1. The highest BCUT2D eigenvalue weighted by molar-refractivity contribution is 6.32. The highest BCUT2D eigenvalue weighted by atomic mass is 35.5. The number of carbonyl (C=O) groups excluding carboxylic acids is 1. The Morgan fingerprint density at radius 2 is 1.81 bits per heavy atom. The largest absolute Gasteiger partial charge is 0.329 e. The van der Waals surface area contributed by atoms with Crippen LogP contribution in [0.3, 0.4) is 0 Å². The predicted octanol–water partition coefficient (Wildman–Crippen LogP) is 5.30. The van der Waals surface area contributed by atoms with E-state index in [0.717, 1.165) is 46.1 Å². The number of fused-ring (bicyclic) bond motifs is 3. The lowest BCUT2D eigenvalue weighted by Gasteiger charge is -2.30. The quantitative estimate of drug-likeness (QED) is 0.532. The molecule has 3 heterocycles. The molecule has 0 aromatic heterocycles. The summed E-state index contributed by atoms with van der Waals surface area (Å²) < 4.78 is 0. The van der Waals surface area contributed by atoms with Crippen LogP contribution in [-0.4, -0.2) is 38.0 Å². The molecule has 3 aliphatic heterocycles. The Bertz CT molecular complexity index is 1430. The van der Waals surface area contributed by atoms with E-state index in [-0.39, 0.29) is 11.3 Å². The fourth-order valence-electron chi connectivity index (χ4n) is 5.08. The van der Waals surface area contributed by atoms with Crippen molar-refractivity contribution in [2.24, 2.45) is 15.5 Å². The van der Waals surface area contributed by atoms with Gasteiger partial charge in [-0.2, -0.15) is 4.99 Å². The molecular weight excluding hydrogens is 472 g/mol. The minimum absolute atomic E-state index is 0.0115. The zero-order valence-electron chi connectivity index (χ0n) is 20.5. The SMILES string of the molecule is CN(C1=NC2=NNCN2c2cc(Cl)ccc21)c1cccc(-c2ccc(N3CC(C)(C)CC3=O)cc2)c1. The Morgan fingerprint density at radius 1 is 1.00 bits per heavy atom. The first-order valence-corrected chi connectivity index (χ1v) is 12.4. The lowest BCUT2D eigenvalue weighted by Crippen LogP contribution is -2.39. The highest BCUT2D eigenvalue weighted by Gasteiger charge is 2.36. The van der Waals surface area contributed by atoms with Gasteiger partial charge in [-0.05, 0) is 59.0 Å². The first-order chi connectivity index (χ1) is 17.3. The molecule has 1 amide bonds. The van der Waals surface area contributed by atoms with Crippen LogP contribution in [0.5, 0.6) is 0 Å². The molecule has 3 aromatic rings. The number of nitrogens with zero attached hydrogens (tertiary/aromatic N) is 5. The van der Waals surface area contributed by atoms with Crippen LogP contribution >= 0.6 is 11.6 Å². The van der Waals surface area contributed by atoms with E-state index in [2.05, 4.69) is 65.7 Å². The fourth-order valence-corrected chi connectivity index (χ4v) is 5.24. The van der Waals surface area contributed by atoms with Crippen LogP contribution in [0.25, 0.3) is 11.1 Å². The van der Waals surface area contributed by atoms with E-state index >= 15 is 0 Å². The zero-order valence-corrected chi connectivity index (χ0v) is 21.3. The second-order valence-electron chi connectivity index (χ2n) is 10.2. The lowest BCUT2D eigenvalue weighted by atomic mass is 9.93. The number of hydrogen-bond acceptors (Lipinski definition) is 6. The van der Waals surface area contributed by atoms with E-state index in [0.29, 0.717) is 24.1 Å². The molecule has 7 nitrogen and oxygen atoms in total. The second kappa shape index (κ2) is 8.38. The molecular formula is C28H27ClN6O. The van der Waals surface area contributed by atoms with Gasteiger partial charge in [0.15, 0.2) is 0 Å². The van der Waals surface area contributed by atoms with Crippen molar-refractivity contribution in [3.8, 4) is 11.1 Å². The van der Waals surface area contributed by atoms with Gasteiger partial charge in [0, 0.05) is 42.0 Å². The third kappa shape index (κ3) is 3.89. The van der Waals surface area contributed by atoms with Crippen molar-refractivity contribution in [2.45, 2.75) is 20.3 Å². The van der Waals surface area contributed by atoms with Gasteiger partial charge in [-0.15, -0.1) is 5.10 Å². The van der Waals surface area contributed by atoms with Gasteiger partial charge < -0.3 is 9.80 Å². The van der Waals surface area contributed by atoms with Crippen LogP contribution in [0, 0.1) is 5.41 Å². The Balaban J connectivity index is 1.30. The van der Waals surface area contributed by atoms with Gasteiger partial charge in [0.05, 0.1) is 5.69 Å². The molecule has 0 saturated carbocycles. The molecule has 0 spiro atoms. The Labute approximate surface area is 215 Å². The molecule has 0 aliphatic carbocycles. The molecule has 0 unspecified atom stereocenters. The molecule has 8 heteroatoms. The monoisotopic (exact) mass is 498 g/mol. The second-order valence-corrected chi connectivity index (χ2v) is 10.7. The molecule has 0 bridgehead atoms. The average Bonchev–Trinajstić information content (AvgIpc) is 3.46. The summed E-state index contributed by atoms with van der Waals surface area (Å²) in [4.78, 5) is 23.3. The summed E-state index contributed by atoms with van der Waals surface area (Å²) in [6, 6.07) is 22.5. The number of rotatable bonds is 3. The third-order valence-corrected chi connectivity index (χ3v) is 7.16. The maximum Gasteiger partial charge on any atom is 0.250 e. The van der Waals surface area contributed by atoms with Crippen LogP contribution in [0.4, 0.5) is 17.1 Å². The van der Waals surface area contributed by atoms with Crippen molar-refractivity contribution in [3.05, 3.63) is 77.3 Å². The van der Waals surface area contributed by atoms with Gasteiger partial charge in [0.2, 0.25) is 5.91 Å². The fraction of sp³-hybridized carbons (Fsp3) is 0.250. The molecule has 0 atom stereocenters. The molecule has 182 valence electrons. The molecule has 3 aliphatic rings. The summed E-state index contributed by atoms with van der Waals surface area (Å²) in [7, 11) is 2.01. The van der Waals surface area contributed by atoms with Crippen LogP contribution in [-0.2, 0) is 4.79 Å². The standard InChI is InChI=1S/C28H27ClN6O/c1-28(2)15-25(36)34(16-28)21-10-7-18(8-11-21)19-5-4-6-22(13-19)33(3)26-23-12-9-20(29)14-24(23)35-17-30-32-27(35)31-26/h4-14,30H,15-17H2,1-3H3. The van der Waals surface area contributed by atoms with E-state index in [9.17, 15) is 4.79 Å². The first-order valence-electron chi connectivity index (χ1n) is 12.0. The molecule has 3 aromatic carbocycles. The normalized spacial score (nSPS) is 17.8. The van der Waals surface area contributed by atoms with Gasteiger partial charge in [-0.3, -0.25) is 15.1 Å². The number of guanidine groups is 1. The summed E-state index contributed by atoms with van der Waals surface area (Å²) >= 11 is 6.31. The summed E-state index contributed by atoms with van der Waals surface area (Å²) in [5.41, 5.74) is 9.14. The summed E-state index contributed by atoms with van der Waals surface area (Å²) in [5, 5.41) is 5.01. The number of anilines is 3. The minimum Gasteiger partial charge on any atom is -0.329 e. The molecule has 1 saturated heterocycles. The number of hydrazone groups is 1. The van der Waals surface area contributed by atoms with Gasteiger partial charge >= 0.3 is 0 Å². The van der Waals surface area contributed by atoms with Crippen molar-refractivity contribution in [3.63, 3.8) is 0 Å². The van der Waals surface area contributed by atoms with Crippen LogP contribution in [0.15, 0.2) is 76.8 Å². The van der Waals surface area contributed by atoms with Crippen molar-refractivity contribution in [1.29, 1.82) is 0 Å². The number of hydrogen-bond donors (Lipinski definition) is 1. The predicted molar refractivity (Wildman–Crippen MR) is 147 cm³/mol. The van der Waals surface area contributed by atoms with E-state index in [4.69, 9.17) is 16.6 Å².